The highest BCUT2D eigenvalue weighted by molar-refractivity contribution is 7.15. The number of nitrogens with one attached hydrogen (secondary N) is 1. The molecule has 0 spiro atoms. The molecule has 0 bridgehead atoms. The van der Waals surface area contributed by atoms with E-state index < -0.39 is 0 Å². The lowest BCUT2D eigenvalue weighted by atomic mass is 9.99. The minimum absolute atomic E-state index is 0.206. The summed E-state index contributed by atoms with van der Waals surface area (Å²) in [6.07, 6.45) is 3.10. The minimum Gasteiger partial charge on any atom is -0.496 e. The van der Waals surface area contributed by atoms with Gasteiger partial charge in [-0.3, -0.25) is 15.1 Å². The first-order valence-corrected chi connectivity index (χ1v) is 10.8. The van der Waals surface area contributed by atoms with Crippen LogP contribution in [0.15, 0.2) is 60.9 Å². The molecule has 0 aliphatic rings. The van der Waals surface area contributed by atoms with Crippen molar-refractivity contribution in [3.63, 3.8) is 0 Å². The van der Waals surface area contributed by atoms with Crippen molar-refractivity contribution in [3.05, 3.63) is 82.1 Å². The third-order valence-corrected chi connectivity index (χ3v) is 5.61. The molecule has 0 saturated carbocycles. The number of nitrogens with zero attached hydrogens (tertiary/aromatic N) is 4. The number of amides is 1. The second-order valence-electron chi connectivity index (χ2n) is 6.65. The van der Waals surface area contributed by atoms with Gasteiger partial charge in [0, 0.05) is 28.5 Å². The first-order chi connectivity index (χ1) is 16.1. The lowest BCUT2D eigenvalue weighted by Gasteiger charge is -2.12. The van der Waals surface area contributed by atoms with E-state index in [-0.39, 0.29) is 12.5 Å². The molecule has 2 aromatic heterocycles. The molecule has 0 atom stereocenters. The van der Waals surface area contributed by atoms with Gasteiger partial charge in [-0.2, -0.15) is 5.26 Å². The van der Waals surface area contributed by atoms with Crippen LogP contribution in [-0.2, 0) is 6.61 Å². The molecule has 164 valence electrons. The molecule has 0 fully saturated rings. The Balaban J connectivity index is 1.50. The van der Waals surface area contributed by atoms with Gasteiger partial charge in [-0.15, -0.1) is 10.2 Å². The molecular formula is C23H16ClN5O3S. The molecule has 0 aliphatic carbocycles. The van der Waals surface area contributed by atoms with Gasteiger partial charge in [0.15, 0.2) is 5.01 Å². The summed E-state index contributed by atoms with van der Waals surface area (Å²) in [6, 6.07) is 15.7. The number of nitriles is 1. The molecule has 1 N–H and O–H groups in total. The predicted octanol–water partition coefficient (Wildman–Crippen LogP) is 4.97. The van der Waals surface area contributed by atoms with Gasteiger partial charge in [0.25, 0.3) is 5.91 Å². The summed E-state index contributed by atoms with van der Waals surface area (Å²) < 4.78 is 11.1. The number of halogens is 1. The maximum absolute atomic E-state index is 13.0. The zero-order valence-electron chi connectivity index (χ0n) is 17.3. The fraction of sp³-hybridized carbons (Fsp3) is 0.0870. The van der Waals surface area contributed by atoms with Crippen LogP contribution in [0.1, 0.15) is 20.9 Å². The maximum Gasteiger partial charge on any atom is 0.258 e. The molecule has 0 saturated heterocycles. The molecule has 4 rings (SSSR count). The van der Waals surface area contributed by atoms with Crippen molar-refractivity contribution in [1.82, 2.24) is 15.2 Å². The van der Waals surface area contributed by atoms with Crippen LogP contribution in [0, 0.1) is 11.3 Å². The third-order valence-electron chi connectivity index (χ3n) is 4.55. The third kappa shape index (κ3) is 5.26. The maximum atomic E-state index is 13.0. The van der Waals surface area contributed by atoms with E-state index in [9.17, 15) is 4.79 Å². The topological polar surface area (TPSA) is 110 Å². The van der Waals surface area contributed by atoms with Crippen molar-refractivity contribution in [1.29, 1.82) is 5.26 Å². The number of hydrogen-bond acceptors (Lipinski definition) is 8. The van der Waals surface area contributed by atoms with E-state index >= 15 is 0 Å². The number of rotatable bonds is 7. The first-order valence-electron chi connectivity index (χ1n) is 9.62. The number of methoxy groups -OCH3 is 1. The first kappa shape index (κ1) is 22.2. The molecule has 10 heteroatoms. The second-order valence-corrected chi connectivity index (χ2v) is 8.14. The summed E-state index contributed by atoms with van der Waals surface area (Å²) in [5, 5.41) is 21.5. The van der Waals surface area contributed by atoms with Crippen LogP contribution in [0.25, 0.3) is 11.1 Å². The number of pyridine rings is 1. The van der Waals surface area contributed by atoms with Crippen molar-refractivity contribution in [2.75, 3.05) is 12.4 Å². The highest BCUT2D eigenvalue weighted by Crippen LogP contribution is 2.33. The fourth-order valence-electron chi connectivity index (χ4n) is 2.99. The van der Waals surface area contributed by atoms with E-state index in [4.69, 9.17) is 26.3 Å². The van der Waals surface area contributed by atoms with E-state index in [0.29, 0.717) is 48.9 Å². The van der Waals surface area contributed by atoms with Gasteiger partial charge in [-0.05, 0) is 48.5 Å². The Bertz CT molecular complexity index is 1330. The SMILES string of the molecule is COc1cc(C#N)ccc1-c1cnccc1C(=O)Nc1nnc(COc2ccc(Cl)cc2)s1. The van der Waals surface area contributed by atoms with Gasteiger partial charge in [-0.1, -0.05) is 22.9 Å². The molecule has 0 radical (unpaired) electrons. The van der Waals surface area contributed by atoms with Crippen molar-refractivity contribution >= 4 is 34.0 Å². The molecule has 2 heterocycles. The lowest BCUT2D eigenvalue weighted by molar-refractivity contribution is 0.102. The van der Waals surface area contributed by atoms with Gasteiger partial charge in [0.05, 0.1) is 24.3 Å². The average Bonchev–Trinajstić information content (AvgIpc) is 3.30. The van der Waals surface area contributed by atoms with E-state index in [1.807, 2.05) is 0 Å². The summed E-state index contributed by atoms with van der Waals surface area (Å²) in [7, 11) is 1.50. The molecule has 4 aromatic rings. The van der Waals surface area contributed by atoms with Crippen LogP contribution in [-0.4, -0.2) is 28.2 Å². The summed E-state index contributed by atoms with van der Waals surface area (Å²) in [5.41, 5.74) is 2.03. The Labute approximate surface area is 198 Å². The van der Waals surface area contributed by atoms with Crippen molar-refractivity contribution < 1.29 is 14.3 Å². The van der Waals surface area contributed by atoms with Crippen LogP contribution in [0.2, 0.25) is 5.02 Å². The second kappa shape index (κ2) is 10.1. The van der Waals surface area contributed by atoms with Crippen LogP contribution in [0.3, 0.4) is 0 Å². The number of ether oxygens (including phenoxy) is 2. The number of carbonyl (C=O) groups is 1. The summed E-state index contributed by atoms with van der Waals surface area (Å²) >= 11 is 7.08. The van der Waals surface area contributed by atoms with Gasteiger partial charge in [0.1, 0.15) is 18.1 Å². The predicted molar refractivity (Wildman–Crippen MR) is 125 cm³/mol. The fourth-order valence-corrected chi connectivity index (χ4v) is 3.77. The molecule has 1 amide bonds. The van der Waals surface area contributed by atoms with E-state index in [1.54, 1.807) is 54.7 Å². The van der Waals surface area contributed by atoms with Gasteiger partial charge in [-0.25, -0.2) is 0 Å². The highest BCUT2D eigenvalue weighted by atomic mass is 35.5. The monoisotopic (exact) mass is 477 g/mol. The standard InChI is InChI=1S/C23H16ClN5O3S/c1-31-20-10-14(11-25)2-7-17(20)19-12-26-9-8-18(19)22(30)27-23-29-28-21(33-23)13-32-16-5-3-15(24)4-6-16/h2-10,12H,13H2,1H3,(H,27,29,30). The number of hydrogen-bond donors (Lipinski definition) is 1. The normalized spacial score (nSPS) is 10.3. The Morgan fingerprint density at radius 1 is 1.15 bits per heavy atom. The van der Waals surface area contributed by atoms with Gasteiger partial charge in [0.2, 0.25) is 5.13 Å². The zero-order valence-corrected chi connectivity index (χ0v) is 18.9. The van der Waals surface area contributed by atoms with Crippen molar-refractivity contribution in [2.24, 2.45) is 0 Å². The Morgan fingerprint density at radius 2 is 1.97 bits per heavy atom. The van der Waals surface area contributed by atoms with Crippen LogP contribution in [0.4, 0.5) is 5.13 Å². The Morgan fingerprint density at radius 3 is 2.73 bits per heavy atom. The highest BCUT2D eigenvalue weighted by Gasteiger charge is 2.18. The van der Waals surface area contributed by atoms with E-state index in [0.717, 1.165) is 0 Å². The molecule has 0 unspecified atom stereocenters. The summed E-state index contributed by atoms with van der Waals surface area (Å²) in [4.78, 5) is 17.2. The lowest BCUT2D eigenvalue weighted by Crippen LogP contribution is -2.13. The average molecular weight is 478 g/mol. The molecule has 8 nitrogen and oxygen atoms in total. The molecule has 0 aliphatic heterocycles. The van der Waals surface area contributed by atoms with Crippen LogP contribution >= 0.6 is 22.9 Å². The summed E-state index contributed by atoms with van der Waals surface area (Å²) in [6.45, 7) is 0.206. The van der Waals surface area contributed by atoms with E-state index in [1.165, 1.54) is 24.6 Å². The number of carbonyl (C=O) groups excluding carboxylic acids is 1. The van der Waals surface area contributed by atoms with Gasteiger partial charge >= 0.3 is 0 Å². The number of anilines is 1. The van der Waals surface area contributed by atoms with Crippen LogP contribution in [0.5, 0.6) is 11.5 Å². The zero-order chi connectivity index (χ0) is 23.2. The number of aromatic nitrogens is 3. The number of benzene rings is 2. The van der Waals surface area contributed by atoms with Crippen molar-refractivity contribution in [2.45, 2.75) is 6.61 Å². The van der Waals surface area contributed by atoms with Crippen LogP contribution < -0.4 is 14.8 Å². The summed E-state index contributed by atoms with van der Waals surface area (Å²) in [5.74, 6) is 0.742. The minimum atomic E-state index is -0.375. The Kier molecular flexibility index (Phi) is 6.78. The van der Waals surface area contributed by atoms with E-state index in [2.05, 4.69) is 26.6 Å². The van der Waals surface area contributed by atoms with Crippen molar-refractivity contribution in [3.8, 4) is 28.7 Å². The molecule has 2 aromatic carbocycles. The largest absolute Gasteiger partial charge is 0.496 e. The quantitative estimate of drug-likeness (QED) is 0.400. The molecular weight excluding hydrogens is 462 g/mol. The Hall–Kier alpha value is -4.00. The van der Waals surface area contributed by atoms with Gasteiger partial charge < -0.3 is 9.47 Å². The smallest absolute Gasteiger partial charge is 0.258 e. The molecule has 33 heavy (non-hydrogen) atoms.